The lowest BCUT2D eigenvalue weighted by atomic mass is 10.0. The summed E-state index contributed by atoms with van der Waals surface area (Å²) in [5, 5.41) is 6.74. The summed E-state index contributed by atoms with van der Waals surface area (Å²) < 4.78 is 19.2. The number of nitrogens with two attached hydrogens (primary N) is 1. The van der Waals surface area contributed by atoms with E-state index in [1.54, 1.807) is 30.5 Å². The lowest BCUT2D eigenvalue weighted by Gasteiger charge is -2.07. The molecule has 0 aliphatic carbocycles. The van der Waals surface area contributed by atoms with Crippen LogP contribution in [-0.2, 0) is 0 Å². The van der Waals surface area contributed by atoms with Crippen molar-refractivity contribution in [3.63, 3.8) is 0 Å². The van der Waals surface area contributed by atoms with Crippen LogP contribution in [0.15, 0.2) is 42.6 Å². The van der Waals surface area contributed by atoms with Crippen molar-refractivity contribution in [3.05, 3.63) is 48.4 Å². The Kier molecular flexibility index (Phi) is 3.27. The van der Waals surface area contributed by atoms with Gasteiger partial charge in [0.1, 0.15) is 11.6 Å². The van der Waals surface area contributed by atoms with Gasteiger partial charge in [-0.15, -0.1) is 0 Å². The summed E-state index contributed by atoms with van der Waals surface area (Å²) in [7, 11) is 1.49. The number of nitrogen functional groups attached to an aromatic ring is 1. The van der Waals surface area contributed by atoms with Gasteiger partial charge in [0.05, 0.1) is 24.1 Å². The summed E-state index contributed by atoms with van der Waals surface area (Å²) >= 11 is 0. The number of methoxy groups -OCH3 is 1. The third-order valence-electron chi connectivity index (χ3n) is 3.16. The van der Waals surface area contributed by atoms with Gasteiger partial charge in [-0.3, -0.25) is 10.1 Å². The average molecular weight is 284 g/mol. The molecule has 6 heteroatoms. The number of rotatable bonds is 3. The van der Waals surface area contributed by atoms with Gasteiger partial charge in [-0.1, -0.05) is 6.07 Å². The van der Waals surface area contributed by atoms with Gasteiger partial charge in [-0.25, -0.2) is 4.39 Å². The molecule has 0 atom stereocenters. The largest absolute Gasteiger partial charge is 0.497 e. The van der Waals surface area contributed by atoms with E-state index in [1.165, 1.54) is 13.2 Å². The Labute approximate surface area is 120 Å². The number of H-pyrrole nitrogens is 1. The van der Waals surface area contributed by atoms with Gasteiger partial charge in [0.15, 0.2) is 5.82 Å². The summed E-state index contributed by atoms with van der Waals surface area (Å²) in [6.45, 7) is 0. The molecule has 0 fully saturated rings. The summed E-state index contributed by atoms with van der Waals surface area (Å²) in [6, 6.07) is 10.0. The maximum atomic E-state index is 14.2. The number of aromatic amines is 1. The van der Waals surface area contributed by atoms with E-state index in [4.69, 9.17) is 10.5 Å². The van der Waals surface area contributed by atoms with Gasteiger partial charge in [-0.2, -0.15) is 5.10 Å². The quantitative estimate of drug-likeness (QED) is 0.775. The molecule has 0 saturated carbocycles. The van der Waals surface area contributed by atoms with Crippen molar-refractivity contribution < 1.29 is 9.13 Å². The molecule has 0 aliphatic rings. The predicted molar refractivity (Wildman–Crippen MR) is 78.2 cm³/mol. The molecule has 106 valence electrons. The highest BCUT2D eigenvalue weighted by Crippen LogP contribution is 2.35. The van der Waals surface area contributed by atoms with E-state index >= 15 is 0 Å². The molecule has 21 heavy (non-hydrogen) atoms. The zero-order valence-corrected chi connectivity index (χ0v) is 11.3. The molecular formula is C15H13FN4O. The van der Waals surface area contributed by atoms with Crippen LogP contribution in [0.1, 0.15) is 0 Å². The van der Waals surface area contributed by atoms with Crippen LogP contribution in [0.3, 0.4) is 0 Å². The molecule has 0 saturated heterocycles. The topological polar surface area (TPSA) is 76.8 Å². The number of aromatic nitrogens is 3. The van der Waals surface area contributed by atoms with Crippen molar-refractivity contribution in [1.82, 2.24) is 15.2 Å². The van der Waals surface area contributed by atoms with Crippen molar-refractivity contribution in [1.29, 1.82) is 0 Å². The Morgan fingerprint density at radius 2 is 2.10 bits per heavy atom. The van der Waals surface area contributed by atoms with Gasteiger partial charge in [-0.05, 0) is 24.3 Å². The smallest absolute Gasteiger partial charge is 0.155 e. The number of benzene rings is 1. The molecule has 0 unspecified atom stereocenters. The number of hydrogen-bond donors (Lipinski definition) is 2. The molecule has 0 spiro atoms. The molecule has 1 aromatic carbocycles. The number of anilines is 1. The second kappa shape index (κ2) is 5.24. The first-order valence-corrected chi connectivity index (χ1v) is 6.30. The van der Waals surface area contributed by atoms with Crippen molar-refractivity contribution in [2.45, 2.75) is 0 Å². The Balaban J connectivity index is 2.17. The fourth-order valence-corrected chi connectivity index (χ4v) is 2.15. The minimum absolute atomic E-state index is 0.277. The zero-order valence-electron chi connectivity index (χ0n) is 11.3. The van der Waals surface area contributed by atoms with Crippen LogP contribution in [0.5, 0.6) is 5.75 Å². The lowest BCUT2D eigenvalue weighted by Crippen LogP contribution is -1.92. The van der Waals surface area contributed by atoms with Crippen molar-refractivity contribution in [3.8, 4) is 28.3 Å². The highest BCUT2D eigenvalue weighted by Gasteiger charge is 2.18. The van der Waals surface area contributed by atoms with E-state index in [1.807, 2.05) is 6.07 Å². The zero-order chi connectivity index (χ0) is 14.8. The molecule has 0 radical (unpaired) electrons. The number of ether oxygens (including phenoxy) is 1. The average Bonchev–Trinajstić information content (AvgIpc) is 2.89. The van der Waals surface area contributed by atoms with Crippen molar-refractivity contribution in [2.24, 2.45) is 0 Å². The molecule has 2 heterocycles. The van der Waals surface area contributed by atoms with Crippen LogP contribution >= 0.6 is 0 Å². The maximum absolute atomic E-state index is 14.2. The number of nitrogens with zero attached hydrogens (tertiary/aromatic N) is 2. The van der Waals surface area contributed by atoms with Gasteiger partial charge < -0.3 is 10.5 Å². The number of nitrogens with one attached hydrogen (secondary N) is 1. The first kappa shape index (κ1) is 13.1. The second-order valence-electron chi connectivity index (χ2n) is 4.42. The fraction of sp³-hybridized carbons (Fsp3) is 0.0667. The highest BCUT2D eigenvalue weighted by atomic mass is 19.1. The van der Waals surface area contributed by atoms with Gasteiger partial charge in [0, 0.05) is 17.8 Å². The van der Waals surface area contributed by atoms with E-state index in [0.29, 0.717) is 28.3 Å². The van der Waals surface area contributed by atoms with Gasteiger partial charge >= 0.3 is 0 Å². The summed E-state index contributed by atoms with van der Waals surface area (Å²) in [4.78, 5) is 4.24. The molecule has 3 rings (SSSR count). The minimum Gasteiger partial charge on any atom is -0.497 e. The normalized spacial score (nSPS) is 10.6. The summed E-state index contributed by atoms with van der Waals surface area (Å²) in [5.41, 5.74) is 7.96. The van der Waals surface area contributed by atoms with Crippen LogP contribution in [-0.4, -0.2) is 22.3 Å². The van der Waals surface area contributed by atoms with E-state index in [9.17, 15) is 4.39 Å². The molecular weight excluding hydrogens is 271 g/mol. The molecule has 5 nitrogen and oxygen atoms in total. The molecule has 3 N–H and O–H groups in total. The van der Waals surface area contributed by atoms with Gasteiger partial charge in [0.25, 0.3) is 0 Å². The molecule has 0 aliphatic heterocycles. The Morgan fingerprint density at radius 1 is 1.24 bits per heavy atom. The first-order chi connectivity index (χ1) is 10.2. The maximum Gasteiger partial charge on any atom is 0.155 e. The highest BCUT2D eigenvalue weighted by molar-refractivity contribution is 5.86. The monoisotopic (exact) mass is 284 g/mol. The second-order valence-corrected chi connectivity index (χ2v) is 4.42. The lowest BCUT2D eigenvalue weighted by molar-refractivity contribution is 0.411. The minimum atomic E-state index is -0.421. The molecule has 0 bridgehead atoms. The van der Waals surface area contributed by atoms with Crippen LogP contribution in [0.25, 0.3) is 22.5 Å². The van der Waals surface area contributed by atoms with E-state index < -0.39 is 5.82 Å². The Bertz CT molecular complexity index is 771. The van der Waals surface area contributed by atoms with Crippen molar-refractivity contribution >= 4 is 5.82 Å². The number of halogens is 1. The molecule has 0 amide bonds. The Morgan fingerprint density at radius 3 is 2.76 bits per heavy atom. The first-order valence-electron chi connectivity index (χ1n) is 6.30. The third-order valence-corrected chi connectivity index (χ3v) is 3.16. The van der Waals surface area contributed by atoms with E-state index in [2.05, 4.69) is 15.2 Å². The Hall–Kier alpha value is -2.89. The van der Waals surface area contributed by atoms with Crippen LogP contribution in [0, 0.1) is 5.82 Å². The SMILES string of the molecule is COc1ccc(-c2[nH]nc(N)c2-c2ccccn2)c(F)c1. The van der Waals surface area contributed by atoms with Gasteiger partial charge in [0.2, 0.25) is 0 Å². The van der Waals surface area contributed by atoms with Crippen LogP contribution < -0.4 is 10.5 Å². The molecule has 3 aromatic rings. The third kappa shape index (κ3) is 2.31. The van der Waals surface area contributed by atoms with Crippen LogP contribution in [0.2, 0.25) is 0 Å². The fourth-order valence-electron chi connectivity index (χ4n) is 2.15. The van der Waals surface area contributed by atoms with Crippen molar-refractivity contribution in [2.75, 3.05) is 12.8 Å². The van der Waals surface area contributed by atoms with E-state index in [-0.39, 0.29) is 5.82 Å². The van der Waals surface area contributed by atoms with Crippen LogP contribution in [0.4, 0.5) is 10.2 Å². The summed E-state index contributed by atoms with van der Waals surface area (Å²) in [6.07, 6.45) is 1.65. The summed E-state index contributed by atoms with van der Waals surface area (Å²) in [5.74, 6) is 0.303. The number of hydrogen-bond acceptors (Lipinski definition) is 4. The van der Waals surface area contributed by atoms with E-state index in [0.717, 1.165) is 0 Å². The molecule has 2 aromatic heterocycles. The number of pyridine rings is 1. The predicted octanol–water partition coefficient (Wildman–Crippen LogP) is 2.87. The standard InChI is InChI=1S/C15H13FN4O/c1-21-9-5-6-10(11(16)8-9)14-13(15(17)20-19-14)12-4-2-3-7-18-12/h2-8H,1H3,(H3,17,19,20).